The molecule has 0 bridgehead atoms. The van der Waals surface area contributed by atoms with E-state index in [0.29, 0.717) is 0 Å². The number of sulfonamides is 1. The van der Waals surface area contributed by atoms with Crippen molar-refractivity contribution in [2.45, 2.75) is 11.1 Å². The van der Waals surface area contributed by atoms with E-state index in [4.69, 9.17) is 0 Å². The molecule has 0 aromatic heterocycles. The normalized spacial score (nSPS) is 12.2. The molecule has 0 heterocycles. The smallest absolute Gasteiger partial charge is 0.280 e. The van der Waals surface area contributed by atoms with Crippen LogP contribution in [0.3, 0.4) is 0 Å². The Labute approximate surface area is 118 Å². The molecule has 0 saturated carbocycles. The zero-order valence-corrected chi connectivity index (χ0v) is 11.2. The first-order chi connectivity index (χ1) is 9.68. The number of rotatable bonds is 3. The Bertz CT molecular complexity index is 740. The second-order valence-electron chi connectivity index (χ2n) is 4.14. The van der Waals surface area contributed by atoms with E-state index in [-0.39, 0.29) is 10.6 Å². The van der Waals surface area contributed by atoms with Gasteiger partial charge in [0.2, 0.25) is 0 Å². The zero-order chi connectivity index (χ0) is 15.7. The van der Waals surface area contributed by atoms with Gasteiger partial charge in [0.25, 0.3) is 10.0 Å². The lowest BCUT2D eigenvalue weighted by Crippen LogP contribution is -2.13. The molecule has 2 aromatic rings. The number of hydrogen-bond acceptors (Lipinski definition) is 2. The Hall–Kier alpha value is -2.09. The van der Waals surface area contributed by atoms with Crippen LogP contribution >= 0.6 is 0 Å². The van der Waals surface area contributed by atoms with Crippen LogP contribution in [-0.2, 0) is 16.2 Å². The van der Waals surface area contributed by atoms with Gasteiger partial charge in [0.1, 0.15) is 5.82 Å². The van der Waals surface area contributed by atoms with Crippen LogP contribution in [0.1, 0.15) is 5.56 Å². The number of anilines is 1. The Morgan fingerprint density at radius 3 is 2.10 bits per heavy atom. The first-order valence-corrected chi connectivity index (χ1v) is 7.12. The first-order valence-electron chi connectivity index (χ1n) is 5.64. The van der Waals surface area contributed by atoms with E-state index >= 15 is 0 Å². The molecule has 0 saturated heterocycles. The second-order valence-corrected chi connectivity index (χ2v) is 5.82. The number of alkyl halides is 3. The van der Waals surface area contributed by atoms with Gasteiger partial charge in [0.15, 0.2) is 0 Å². The molecular formula is C13H9F4NO2S. The van der Waals surface area contributed by atoms with Crippen LogP contribution in [-0.4, -0.2) is 8.42 Å². The molecule has 0 aliphatic rings. The van der Waals surface area contributed by atoms with Crippen molar-refractivity contribution in [1.82, 2.24) is 0 Å². The summed E-state index contributed by atoms with van der Waals surface area (Å²) in [5.41, 5.74) is -0.941. The monoisotopic (exact) mass is 319 g/mol. The van der Waals surface area contributed by atoms with Crippen molar-refractivity contribution in [1.29, 1.82) is 0 Å². The second kappa shape index (κ2) is 5.36. The predicted molar refractivity (Wildman–Crippen MR) is 68.7 cm³/mol. The Kier molecular flexibility index (Phi) is 3.91. The highest BCUT2D eigenvalue weighted by Crippen LogP contribution is 2.30. The lowest BCUT2D eigenvalue weighted by atomic mass is 10.2. The van der Waals surface area contributed by atoms with Gasteiger partial charge in [-0.25, -0.2) is 12.8 Å². The van der Waals surface area contributed by atoms with Gasteiger partial charge in [-0.2, -0.15) is 13.2 Å². The van der Waals surface area contributed by atoms with Crippen LogP contribution in [0.15, 0.2) is 53.4 Å². The molecule has 112 valence electrons. The van der Waals surface area contributed by atoms with E-state index < -0.39 is 27.6 Å². The van der Waals surface area contributed by atoms with Crippen molar-refractivity contribution in [2.24, 2.45) is 0 Å². The van der Waals surface area contributed by atoms with Crippen LogP contribution in [0, 0.1) is 5.82 Å². The molecule has 0 fully saturated rings. The van der Waals surface area contributed by atoms with E-state index in [0.717, 1.165) is 36.4 Å². The maximum atomic E-state index is 13.0. The highest BCUT2D eigenvalue weighted by Gasteiger charge is 2.30. The molecule has 0 atom stereocenters. The molecule has 3 nitrogen and oxygen atoms in total. The average molecular weight is 319 g/mol. The van der Waals surface area contributed by atoms with Crippen molar-refractivity contribution < 1.29 is 26.0 Å². The highest BCUT2D eigenvalue weighted by molar-refractivity contribution is 7.92. The topological polar surface area (TPSA) is 46.2 Å². The third-order valence-electron chi connectivity index (χ3n) is 2.57. The van der Waals surface area contributed by atoms with Crippen LogP contribution in [0.2, 0.25) is 0 Å². The minimum atomic E-state index is -4.50. The van der Waals surface area contributed by atoms with E-state index in [1.165, 1.54) is 12.1 Å². The van der Waals surface area contributed by atoms with Gasteiger partial charge in [-0.05, 0) is 42.5 Å². The number of hydrogen-bond donors (Lipinski definition) is 1. The summed E-state index contributed by atoms with van der Waals surface area (Å²) in [7, 11) is -4.06. The zero-order valence-electron chi connectivity index (χ0n) is 10.4. The maximum absolute atomic E-state index is 13.0. The van der Waals surface area contributed by atoms with Crippen LogP contribution in [0.5, 0.6) is 0 Å². The fourth-order valence-electron chi connectivity index (χ4n) is 1.58. The standard InChI is InChI=1S/C13H9F4NO2S/c14-10-2-1-3-12(8-10)21(19,20)18-11-6-4-9(5-7-11)13(15,16)17/h1-8,18H. The third-order valence-corrected chi connectivity index (χ3v) is 3.95. The molecule has 1 N–H and O–H groups in total. The Balaban J connectivity index is 2.25. The van der Waals surface area contributed by atoms with E-state index in [1.807, 2.05) is 0 Å². The molecule has 0 amide bonds. The van der Waals surface area contributed by atoms with Gasteiger partial charge in [0, 0.05) is 5.69 Å². The molecular weight excluding hydrogens is 310 g/mol. The Morgan fingerprint density at radius 1 is 0.952 bits per heavy atom. The molecule has 8 heteroatoms. The fraction of sp³-hybridized carbons (Fsp3) is 0.0769. The summed E-state index contributed by atoms with van der Waals surface area (Å²) in [6.07, 6.45) is -4.50. The largest absolute Gasteiger partial charge is 0.416 e. The number of nitrogens with one attached hydrogen (secondary N) is 1. The summed E-state index contributed by atoms with van der Waals surface area (Å²) >= 11 is 0. The van der Waals surface area contributed by atoms with Gasteiger partial charge in [-0.15, -0.1) is 0 Å². The van der Waals surface area contributed by atoms with Crippen LogP contribution in [0.4, 0.5) is 23.2 Å². The summed E-state index contributed by atoms with van der Waals surface area (Å²) in [6, 6.07) is 7.77. The quantitative estimate of drug-likeness (QED) is 0.878. The van der Waals surface area contributed by atoms with E-state index in [9.17, 15) is 26.0 Å². The van der Waals surface area contributed by atoms with Gasteiger partial charge in [-0.3, -0.25) is 4.72 Å². The molecule has 2 aromatic carbocycles. The summed E-state index contributed by atoms with van der Waals surface area (Å²) in [5.74, 6) is -0.731. The highest BCUT2D eigenvalue weighted by atomic mass is 32.2. The molecule has 0 unspecified atom stereocenters. The van der Waals surface area contributed by atoms with E-state index in [1.54, 1.807) is 0 Å². The molecule has 0 aliphatic heterocycles. The van der Waals surface area contributed by atoms with Gasteiger partial charge < -0.3 is 0 Å². The first kappa shape index (κ1) is 15.3. The van der Waals surface area contributed by atoms with Crippen molar-refractivity contribution in [3.8, 4) is 0 Å². The maximum Gasteiger partial charge on any atom is 0.416 e. The lowest BCUT2D eigenvalue weighted by Gasteiger charge is -2.10. The minimum Gasteiger partial charge on any atom is -0.280 e. The van der Waals surface area contributed by atoms with Crippen LogP contribution < -0.4 is 4.72 Å². The number of halogens is 4. The Morgan fingerprint density at radius 2 is 1.57 bits per heavy atom. The molecule has 0 spiro atoms. The summed E-state index contributed by atoms with van der Waals surface area (Å²) in [4.78, 5) is -0.317. The van der Waals surface area contributed by atoms with Crippen molar-refractivity contribution in [3.63, 3.8) is 0 Å². The third kappa shape index (κ3) is 3.72. The SMILES string of the molecule is O=S(=O)(Nc1ccc(C(F)(F)F)cc1)c1cccc(F)c1. The van der Waals surface area contributed by atoms with Crippen molar-refractivity contribution >= 4 is 15.7 Å². The summed E-state index contributed by atoms with van der Waals surface area (Å²) in [6.45, 7) is 0. The van der Waals surface area contributed by atoms with Crippen LogP contribution in [0.25, 0.3) is 0 Å². The fourth-order valence-corrected chi connectivity index (χ4v) is 2.67. The minimum absolute atomic E-state index is 0.0488. The average Bonchev–Trinajstić information content (AvgIpc) is 2.38. The van der Waals surface area contributed by atoms with Crippen molar-refractivity contribution in [3.05, 3.63) is 59.9 Å². The van der Waals surface area contributed by atoms with Crippen molar-refractivity contribution in [2.75, 3.05) is 4.72 Å². The molecule has 0 radical (unpaired) electrons. The summed E-state index contributed by atoms with van der Waals surface area (Å²) < 4.78 is 76.1. The molecule has 2 rings (SSSR count). The van der Waals surface area contributed by atoms with Gasteiger partial charge >= 0.3 is 6.18 Å². The predicted octanol–water partition coefficient (Wildman–Crippen LogP) is 3.65. The van der Waals surface area contributed by atoms with E-state index in [2.05, 4.69) is 4.72 Å². The van der Waals surface area contributed by atoms with Gasteiger partial charge in [0.05, 0.1) is 10.5 Å². The molecule has 0 aliphatic carbocycles. The summed E-state index contributed by atoms with van der Waals surface area (Å²) in [5, 5.41) is 0. The van der Waals surface area contributed by atoms with Gasteiger partial charge in [-0.1, -0.05) is 6.07 Å². The lowest BCUT2D eigenvalue weighted by molar-refractivity contribution is -0.137. The number of benzene rings is 2. The molecule has 21 heavy (non-hydrogen) atoms.